The maximum Gasteiger partial charge on any atom is 0.123 e. The zero-order chi connectivity index (χ0) is 14.7. The standard InChI is InChI=1S/C18H18FNS/c1-13(18-12-15-4-2-3-5-17(15)21-18)20-11-10-14-6-8-16(19)9-7-14/h2-9,12-13,20H,10-11H2,1H3. The van der Waals surface area contributed by atoms with Gasteiger partial charge >= 0.3 is 0 Å². The molecule has 0 amide bonds. The van der Waals surface area contributed by atoms with Crippen LogP contribution < -0.4 is 5.32 Å². The van der Waals surface area contributed by atoms with E-state index in [2.05, 4.69) is 42.6 Å². The van der Waals surface area contributed by atoms with Gasteiger partial charge in [0.25, 0.3) is 0 Å². The molecule has 0 saturated heterocycles. The molecule has 1 N–H and O–H groups in total. The predicted molar refractivity (Wildman–Crippen MR) is 88.3 cm³/mol. The summed E-state index contributed by atoms with van der Waals surface area (Å²) < 4.78 is 14.2. The van der Waals surface area contributed by atoms with Crippen molar-refractivity contribution in [2.24, 2.45) is 0 Å². The van der Waals surface area contributed by atoms with E-state index in [1.807, 2.05) is 23.5 Å². The fourth-order valence-electron chi connectivity index (χ4n) is 2.40. The second kappa shape index (κ2) is 6.37. The Hall–Kier alpha value is -1.71. The zero-order valence-corrected chi connectivity index (χ0v) is 12.8. The molecule has 0 radical (unpaired) electrons. The van der Waals surface area contributed by atoms with E-state index in [9.17, 15) is 4.39 Å². The monoisotopic (exact) mass is 299 g/mol. The van der Waals surface area contributed by atoms with Gasteiger partial charge in [0.15, 0.2) is 0 Å². The maximum atomic E-state index is 12.8. The van der Waals surface area contributed by atoms with E-state index in [1.54, 1.807) is 0 Å². The highest BCUT2D eigenvalue weighted by molar-refractivity contribution is 7.19. The first kappa shape index (κ1) is 14.2. The van der Waals surface area contributed by atoms with E-state index in [-0.39, 0.29) is 5.82 Å². The molecule has 3 heteroatoms. The third-order valence-corrected chi connectivity index (χ3v) is 4.95. The number of halogens is 1. The minimum atomic E-state index is -0.176. The Morgan fingerprint density at radius 1 is 1.10 bits per heavy atom. The lowest BCUT2D eigenvalue weighted by atomic mass is 10.1. The third kappa shape index (κ3) is 3.49. The Balaban J connectivity index is 1.58. The minimum absolute atomic E-state index is 0.176. The normalized spacial score (nSPS) is 12.7. The molecule has 0 spiro atoms. The molecule has 0 saturated carbocycles. The van der Waals surface area contributed by atoms with Gasteiger partial charge in [-0.2, -0.15) is 0 Å². The molecule has 108 valence electrons. The van der Waals surface area contributed by atoms with Crippen LogP contribution in [0.2, 0.25) is 0 Å². The van der Waals surface area contributed by atoms with Crippen molar-refractivity contribution in [3.63, 3.8) is 0 Å². The van der Waals surface area contributed by atoms with Crippen molar-refractivity contribution < 1.29 is 4.39 Å². The summed E-state index contributed by atoms with van der Waals surface area (Å²) in [5.74, 6) is -0.176. The molecule has 1 heterocycles. The molecule has 0 aliphatic rings. The van der Waals surface area contributed by atoms with Crippen LogP contribution in [0.1, 0.15) is 23.4 Å². The van der Waals surface area contributed by atoms with Crippen molar-refractivity contribution in [3.8, 4) is 0 Å². The second-order valence-electron chi connectivity index (χ2n) is 5.24. The fraction of sp³-hybridized carbons (Fsp3) is 0.222. The van der Waals surface area contributed by atoms with Crippen LogP contribution in [-0.2, 0) is 6.42 Å². The number of hydrogen-bond donors (Lipinski definition) is 1. The van der Waals surface area contributed by atoms with Gasteiger partial charge in [-0.3, -0.25) is 0 Å². The predicted octanol–water partition coefficient (Wildman–Crippen LogP) is 4.93. The smallest absolute Gasteiger partial charge is 0.123 e. The summed E-state index contributed by atoms with van der Waals surface area (Å²) in [6.07, 6.45) is 0.912. The molecule has 0 aliphatic heterocycles. The van der Waals surface area contributed by atoms with Crippen molar-refractivity contribution in [2.75, 3.05) is 6.54 Å². The van der Waals surface area contributed by atoms with Crippen molar-refractivity contribution in [1.82, 2.24) is 5.32 Å². The lowest BCUT2D eigenvalue weighted by Gasteiger charge is -2.11. The summed E-state index contributed by atoms with van der Waals surface area (Å²) >= 11 is 1.84. The number of benzene rings is 2. The molecule has 0 aliphatic carbocycles. The Kier molecular flexibility index (Phi) is 4.32. The van der Waals surface area contributed by atoms with E-state index in [4.69, 9.17) is 0 Å². The summed E-state index contributed by atoms with van der Waals surface area (Å²) in [5, 5.41) is 4.85. The van der Waals surface area contributed by atoms with Crippen LogP contribution in [0, 0.1) is 5.82 Å². The minimum Gasteiger partial charge on any atom is -0.309 e. The van der Waals surface area contributed by atoms with Gasteiger partial charge in [0, 0.05) is 15.6 Å². The van der Waals surface area contributed by atoms with Crippen LogP contribution in [0.4, 0.5) is 4.39 Å². The molecular formula is C18H18FNS. The summed E-state index contributed by atoms with van der Waals surface area (Å²) in [7, 11) is 0. The van der Waals surface area contributed by atoms with Gasteiger partial charge in [-0.05, 0) is 55.1 Å². The number of thiophene rings is 1. The SMILES string of the molecule is CC(NCCc1ccc(F)cc1)c1cc2ccccc2s1. The summed E-state index contributed by atoms with van der Waals surface area (Å²) in [6, 6.07) is 17.8. The topological polar surface area (TPSA) is 12.0 Å². The molecule has 2 aromatic carbocycles. The van der Waals surface area contributed by atoms with E-state index in [0.717, 1.165) is 18.5 Å². The van der Waals surface area contributed by atoms with Crippen LogP contribution in [0.5, 0.6) is 0 Å². The fourth-order valence-corrected chi connectivity index (χ4v) is 3.49. The van der Waals surface area contributed by atoms with Gasteiger partial charge in [-0.15, -0.1) is 11.3 Å². The molecule has 0 bridgehead atoms. The Morgan fingerprint density at radius 3 is 2.62 bits per heavy atom. The quantitative estimate of drug-likeness (QED) is 0.704. The second-order valence-corrected chi connectivity index (χ2v) is 6.35. The van der Waals surface area contributed by atoms with E-state index in [1.165, 1.54) is 27.1 Å². The van der Waals surface area contributed by atoms with Crippen LogP contribution in [-0.4, -0.2) is 6.54 Å². The number of rotatable bonds is 5. The van der Waals surface area contributed by atoms with Crippen molar-refractivity contribution in [2.45, 2.75) is 19.4 Å². The third-order valence-electron chi connectivity index (χ3n) is 3.65. The van der Waals surface area contributed by atoms with E-state index in [0.29, 0.717) is 6.04 Å². The summed E-state index contributed by atoms with van der Waals surface area (Å²) in [5.41, 5.74) is 1.16. The number of nitrogens with one attached hydrogen (secondary N) is 1. The first-order chi connectivity index (χ1) is 10.2. The van der Waals surface area contributed by atoms with Crippen LogP contribution in [0.3, 0.4) is 0 Å². The highest BCUT2D eigenvalue weighted by Crippen LogP contribution is 2.29. The van der Waals surface area contributed by atoms with Gasteiger partial charge in [-0.1, -0.05) is 30.3 Å². The lowest BCUT2D eigenvalue weighted by Crippen LogP contribution is -2.20. The number of hydrogen-bond acceptors (Lipinski definition) is 2. The molecule has 1 atom stereocenters. The molecule has 3 aromatic rings. The van der Waals surface area contributed by atoms with E-state index >= 15 is 0 Å². The lowest BCUT2D eigenvalue weighted by molar-refractivity contribution is 0.584. The summed E-state index contributed by atoms with van der Waals surface area (Å²) in [6.45, 7) is 3.08. The summed E-state index contributed by atoms with van der Waals surface area (Å²) in [4.78, 5) is 1.36. The van der Waals surface area contributed by atoms with E-state index < -0.39 is 0 Å². The molecule has 1 nitrogen and oxygen atoms in total. The molecule has 1 aromatic heterocycles. The Bertz CT molecular complexity index is 684. The van der Waals surface area contributed by atoms with Gasteiger partial charge in [0.05, 0.1) is 0 Å². The van der Waals surface area contributed by atoms with Gasteiger partial charge in [0.1, 0.15) is 5.82 Å². The Labute approximate surface area is 128 Å². The largest absolute Gasteiger partial charge is 0.309 e. The first-order valence-electron chi connectivity index (χ1n) is 7.19. The average Bonchev–Trinajstić information content (AvgIpc) is 2.93. The van der Waals surface area contributed by atoms with Crippen molar-refractivity contribution >= 4 is 21.4 Å². The maximum absolute atomic E-state index is 12.8. The van der Waals surface area contributed by atoms with Gasteiger partial charge in [-0.25, -0.2) is 4.39 Å². The van der Waals surface area contributed by atoms with Crippen LogP contribution >= 0.6 is 11.3 Å². The first-order valence-corrected chi connectivity index (χ1v) is 8.00. The Morgan fingerprint density at radius 2 is 1.86 bits per heavy atom. The van der Waals surface area contributed by atoms with Crippen LogP contribution in [0.15, 0.2) is 54.6 Å². The molecule has 3 rings (SSSR count). The molecule has 1 unspecified atom stereocenters. The average molecular weight is 299 g/mol. The highest BCUT2D eigenvalue weighted by Gasteiger charge is 2.08. The van der Waals surface area contributed by atoms with Crippen LogP contribution in [0.25, 0.3) is 10.1 Å². The molecular weight excluding hydrogens is 281 g/mol. The van der Waals surface area contributed by atoms with Gasteiger partial charge < -0.3 is 5.32 Å². The van der Waals surface area contributed by atoms with Crippen molar-refractivity contribution in [3.05, 3.63) is 70.9 Å². The zero-order valence-electron chi connectivity index (χ0n) is 12.0. The van der Waals surface area contributed by atoms with Crippen molar-refractivity contribution in [1.29, 1.82) is 0 Å². The van der Waals surface area contributed by atoms with Gasteiger partial charge in [0.2, 0.25) is 0 Å². The molecule has 21 heavy (non-hydrogen) atoms. The highest BCUT2D eigenvalue weighted by atomic mass is 32.1. The number of fused-ring (bicyclic) bond motifs is 1. The molecule has 0 fully saturated rings.